The van der Waals surface area contributed by atoms with Gasteiger partial charge >= 0.3 is 5.91 Å². The summed E-state index contributed by atoms with van der Waals surface area (Å²) >= 11 is 6.03. The van der Waals surface area contributed by atoms with Gasteiger partial charge in [-0.05, 0) is 54.4 Å². The number of anilines is 1. The Morgan fingerprint density at radius 3 is 2.67 bits per heavy atom. The van der Waals surface area contributed by atoms with Crippen molar-refractivity contribution in [2.24, 2.45) is 0 Å². The first kappa shape index (κ1) is 26.4. The standard InChI is InChI=1S/C28H19BrFN5O3S2/c1-15-22(34-12-3-2-7-20(34)31-15)24(36)21-23(17-5-4-6-18(29)13-17)35(26(38)25(21)37)27-32-33-28(40-27)39-14-16-8-10-19(30)11-9-16/h2-13,23,36H,14H2,1H3. The number of halogens is 2. The number of pyridine rings is 1. The summed E-state index contributed by atoms with van der Waals surface area (Å²) in [5, 5.41) is 20.3. The highest BCUT2D eigenvalue weighted by Gasteiger charge is 2.49. The van der Waals surface area contributed by atoms with Crippen molar-refractivity contribution in [1.82, 2.24) is 19.6 Å². The summed E-state index contributed by atoms with van der Waals surface area (Å²) in [7, 11) is 0. The molecule has 40 heavy (non-hydrogen) atoms. The number of thioether (sulfide) groups is 1. The summed E-state index contributed by atoms with van der Waals surface area (Å²) < 4.78 is 16.3. The predicted molar refractivity (Wildman–Crippen MR) is 155 cm³/mol. The second-order valence-corrected chi connectivity index (χ2v) is 12.1. The van der Waals surface area contributed by atoms with Gasteiger partial charge in [0.05, 0.1) is 17.3 Å². The molecule has 1 N–H and O–H groups in total. The second-order valence-electron chi connectivity index (χ2n) is 8.96. The van der Waals surface area contributed by atoms with E-state index in [1.807, 2.05) is 12.1 Å². The molecule has 1 atom stereocenters. The van der Waals surface area contributed by atoms with Crippen LogP contribution in [0.5, 0.6) is 0 Å². The Bertz CT molecular complexity index is 1820. The van der Waals surface area contributed by atoms with E-state index in [9.17, 15) is 19.1 Å². The lowest BCUT2D eigenvalue weighted by Crippen LogP contribution is -2.29. The highest BCUT2D eigenvalue weighted by molar-refractivity contribution is 9.10. The molecule has 6 rings (SSSR count). The third kappa shape index (κ3) is 4.72. The van der Waals surface area contributed by atoms with Crippen LogP contribution in [0.1, 0.15) is 28.6 Å². The molecule has 0 spiro atoms. The highest BCUT2D eigenvalue weighted by Crippen LogP contribution is 2.44. The summed E-state index contributed by atoms with van der Waals surface area (Å²) in [6.07, 6.45) is 1.74. The largest absolute Gasteiger partial charge is 0.505 e. The minimum atomic E-state index is -0.950. The summed E-state index contributed by atoms with van der Waals surface area (Å²) in [6.45, 7) is 1.74. The SMILES string of the molecule is Cc1nc2ccccn2c1C(O)=C1C(=O)C(=O)N(c2nnc(SCc3ccc(F)cc3)s2)C1c1cccc(Br)c1. The van der Waals surface area contributed by atoms with Gasteiger partial charge in [-0.25, -0.2) is 9.37 Å². The molecule has 0 saturated carbocycles. The molecule has 12 heteroatoms. The van der Waals surface area contributed by atoms with Gasteiger partial charge in [0.1, 0.15) is 17.2 Å². The minimum Gasteiger partial charge on any atom is -0.505 e. The fourth-order valence-corrected chi connectivity index (χ4v) is 6.87. The van der Waals surface area contributed by atoms with E-state index in [-0.39, 0.29) is 22.3 Å². The van der Waals surface area contributed by atoms with Gasteiger partial charge in [0.15, 0.2) is 10.1 Å². The Balaban J connectivity index is 1.43. The first-order chi connectivity index (χ1) is 19.3. The van der Waals surface area contributed by atoms with Crippen molar-refractivity contribution in [2.45, 2.75) is 23.1 Å². The average molecular weight is 637 g/mol. The molecule has 5 aromatic rings. The Hall–Kier alpha value is -3.87. The van der Waals surface area contributed by atoms with Gasteiger partial charge in [0, 0.05) is 16.4 Å². The van der Waals surface area contributed by atoms with E-state index in [2.05, 4.69) is 31.1 Å². The summed E-state index contributed by atoms with van der Waals surface area (Å²) in [4.78, 5) is 32.9. The average Bonchev–Trinajstić information content (AvgIpc) is 3.62. The van der Waals surface area contributed by atoms with E-state index >= 15 is 0 Å². The molecular formula is C28H19BrFN5O3S2. The van der Waals surface area contributed by atoms with Gasteiger partial charge in [-0.2, -0.15) is 0 Å². The first-order valence-corrected chi connectivity index (χ1v) is 14.6. The molecule has 0 radical (unpaired) electrons. The number of aromatic nitrogens is 4. The van der Waals surface area contributed by atoms with Crippen LogP contribution in [0.15, 0.2) is 87.3 Å². The van der Waals surface area contributed by atoms with Crippen LogP contribution in [0, 0.1) is 12.7 Å². The van der Waals surface area contributed by atoms with Crippen molar-refractivity contribution in [3.63, 3.8) is 0 Å². The lowest BCUT2D eigenvalue weighted by molar-refractivity contribution is -0.132. The van der Waals surface area contributed by atoms with Crippen molar-refractivity contribution in [2.75, 3.05) is 4.90 Å². The number of Topliss-reactive ketones (excluding diaryl/α,β-unsaturated/α-hetero) is 1. The van der Waals surface area contributed by atoms with E-state index in [0.717, 1.165) is 21.4 Å². The van der Waals surface area contributed by atoms with Crippen LogP contribution in [0.3, 0.4) is 0 Å². The van der Waals surface area contributed by atoms with Crippen molar-refractivity contribution in [3.05, 3.63) is 111 Å². The lowest BCUT2D eigenvalue weighted by Gasteiger charge is -2.22. The maximum absolute atomic E-state index is 13.6. The van der Waals surface area contributed by atoms with E-state index < -0.39 is 17.7 Å². The molecule has 8 nitrogen and oxygen atoms in total. The number of benzene rings is 2. The molecule has 1 amide bonds. The highest BCUT2D eigenvalue weighted by atomic mass is 79.9. The Morgan fingerprint density at radius 2 is 1.90 bits per heavy atom. The third-order valence-electron chi connectivity index (χ3n) is 6.41. The fraction of sp³-hybridized carbons (Fsp3) is 0.107. The van der Waals surface area contributed by atoms with Gasteiger partial charge < -0.3 is 5.11 Å². The summed E-state index contributed by atoms with van der Waals surface area (Å²) in [6, 6.07) is 17.8. The molecule has 1 unspecified atom stereocenters. The van der Waals surface area contributed by atoms with E-state index in [0.29, 0.717) is 32.7 Å². The number of imidazole rings is 1. The molecular weight excluding hydrogens is 617 g/mol. The topological polar surface area (TPSA) is 101 Å². The zero-order chi connectivity index (χ0) is 28.0. The van der Waals surface area contributed by atoms with Gasteiger partial charge in [-0.1, -0.05) is 69.4 Å². The number of nitrogens with zero attached hydrogens (tertiary/aromatic N) is 5. The number of fused-ring (bicyclic) bond motifs is 1. The molecule has 200 valence electrons. The third-order valence-corrected chi connectivity index (χ3v) is 9.04. The molecule has 2 aromatic carbocycles. The van der Waals surface area contributed by atoms with Crippen molar-refractivity contribution in [3.8, 4) is 0 Å². The van der Waals surface area contributed by atoms with Crippen LogP contribution >= 0.6 is 39.0 Å². The number of carbonyl (C=O) groups is 2. The number of rotatable bonds is 6. The van der Waals surface area contributed by atoms with E-state index in [1.54, 1.807) is 60.0 Å². The molecule has 4 heterocycles. The smallest absolute Gasteiger partial charge is 0.301 e. The van der Waals surface area contributed by atoms with Gasteiger partial charge in [-0.15, -0.1) is 10.2 Å². The Labute approximate surface area is 244 Å². The quantitative estimate of drug-likeness (QED) is 0.0766. The fourth-order valence-electron chi connectivity index (χ4n) is 4.63. The Kier molecular flexibility index (Phi) is 6.99. The number of aliphatic hydroxyl groups is 1. The molecule has 1 saturated heterocycles. The van der Waals surface area contributed by atoms with Crippen LogP contribution in [0.2, 0.25) is 0 Å². The number of aliphatic hydroxyl groups excluding tert-OH is 1. The first-order valence-electron chi connectivity index (χ1n) is 12.0. The minimum absolute atomic E-state index is 0.0624. The summed E-state index contributed by atoms with van der Waals surface area (Å²) in [5.41, 5.74) is 2.90. The molecule has 1 aliphatic heterocycles. The van der Waals surface area contributed by atoms with E-state index in [4.69, 9.17) is 0 Å². The number of amides is 1. The maximum atomic E-state index is 13.6. The number of aryl methyl sites for hydroxylation is 1. The van der Waals surface area contributed by atoms with Crippen LogP contribution in [-0.2, 0) is 15.3 Å². The van der Waals surface area contributed by atoms with Gasteiger partial charge in [0.25, 0.3) is 5.78 Å². The monoisotopic (exact) mass is 635 g/mol. The number of carbonyl (C=O) groups excluding carboxylic acids is 2. The van der Waals surface area contributed by atoms with Gasteiger partial charge in [-0.3, -0.25) is 18.9 Å². The predicted octanol–water partition coefficient (Wildman–Crippen LogP) is 6.31. The normalized spacial score (nSPS) is 16.8. The molecule has 0 bridgehead atoms. The van der Waals surface area contributed by atoms with Crippen LogP contribution in [0.25, 0.3) is 11.4 Å². The maximum Gasteiger partial charge on any atom is 0.301 e. The van der Waals surface area contributed by atoms with Crippen LogP contribution < -0.4 is 4.90 Å². The lowest BCUT2D eigenvalue weighted by atomic mass is 9.96. The number of hydrogen-bond donors (Lipinski definition) is 1. The van der Waals surface area contributed by atoms with Crippen LogP contribution in [0.4, 0.5) is 9.52 Å². The molecule has 0 aliphatic carbocycles. The molecule has 1 fully saturated rings. The van der Waals surface area contributed by atoms with Crippen molar-refractivity contribution < 1.29 is 19.1 Å². The second kappa shape index (κ2) is 10.6. The van der Waals surface area contributed by atoms with Crippen molar-refractivity contribution >= 4 is 67.3 Å². The summed E-state index contributed by atoms with van der Waals surface area (Å²) in [5.74, 6) is -1.75. The van der Waals surface area contributed by atoms with Crippen LogP contribution in [-0.4, -0.2) is 36.4 Å². The number of ketones is 1. The van der Waals surface area contributed by atoms with Gasteiger partial charge in [0.2, 0.25) is 5.13 Å². The molecule has 3 aromatic heterocycles. The molecule has 1 aliphatic rings. The van der Waals surface area contributed by atoms with E-state index in [1.165, 1.54) is 28.8 Å². The zero-order valence-corrected chi connectivity index (χ0v) is 24.0. The van der Waals surface area contributed by atoms with Crippen molar-refractivity contribution in [1.29, 1.82) is 0 Å². The Morgan fingerprint density at radius 1 is 1.10 bits per heavy atom. The number of hydrogen-bond acceptors (Lipinski definition) is 8. The zero-order valence-electron chi connectivity index (χ0n) is 20.8.